The van der Waals surface area contributed by atoms with Gasteiger partial charge in [0.1, 0.15) is 10.9 Å². The molecule has 1 saturated heterocycles. The second kappa shape index (κ2) is 5.35. The Labute approximate surface area is 118 Å². The molecule has 2 N–H and O–H groups in total. The summed E-state index contributed by atoms with van der Waals surface area (Å²) >= 11 is 3.12. The fraction of sp³-hybridized carbons (Fsp3) is 0.300. The molecule has 0 aromatic carbocycles. The monoisotopic (exact) mass is 347 g/mol. The molecule has 19 heavy (non-hydrogen) atoms. The van der Waals surface area contributed by atoms with Crippen LogP contribution in [0.5, 0.6) is 0 Å². The lowest BCUT2D eigenvalue weighted by molar-refractivity contribution is -0.134. The summed E-state index contributed by atoms with van der Waals surface area (Å²) in [6, 6.07) is 0.433. The minimum atomic E-state index is -3.85. The van der Waals surface area contributed by atoms with Crippen molar-refractivity contribution in [2.45, 2.75) is 23.8 Å². The SMILES string of the molecule is O=C1CCC(NS(=O)(=O)c2cncc(Br)c2)C(=O)N1. The number of hydrogen-bond donors (Lipinski definition) is 2. The van der Waals surface area contributed by atoms with Crippen LogP contribution >= 0.6 is 15.9 Å². The second-order valence-corrected chi connectivity index (χ2v) is 6.59. The standard InChI is InChI=1S/C10H10BrN3O4S/c11-6-3-7(5-12-4-6)19(17,18)14-8-1-2-9(15)13-10(8)16/h3-5,8,14H,1-2H2,(H,13,15,16). The van der Waals surface area contributed by atoms with Crippen LogP contribution in [0.1, 0.15) is 12.8 Å². The number of amides is 2. The van der Waals surface area contributed by atoms with Crippen LogP contribution in [-0.2, 0) is 19.6 Å². The molecule has 2 amide bonds. The van der Waals surface area contributed by atoms with Crippen LogP contribution in [-0.4, -0.2) is 31.3 Å². The number of carbonyl (C=O) groups is 2. The lowest BCUT2D eigenvalue weighted by Gasteiger charge is -2.21. The van der Waals surface area contributed by atoms with E-state index in [1.807, 2.05) is 0 Å². The molecule has 102 valence electrons. The first-order chi connectivity index (χ1) is 8.88. The number of imide groups is 1. The molecule has 1 fully saturated rings. The maximum absolute atomic E-state index is 12.0. The molecular formula is C10H10BrN3O4S. The van der Waals surface area contributed by atoms with Crippen molar-refractivity contribution in [3.8, 4) is 0 Å². The number of hydrogen-bond acceptors (Lipinski definition) is 5. The van der Waals surface area contributed by atoms with E-state index in [-0.39, 0.29) is 17.7 Å². The zero-order chi connectivity index (χ0) is 14.0. The van der Waals surface area contributed by atoms with Crippen LogP contribution in [0.25, 0.3) is 0 Å². The number of aromatic nitrogens is 1. The number of nitrogens with one attached hydrogen (secondary N) is 2. The Balaban J connectivity index is 2.18. The van der Waals surface area contributed by atoms with E-state index in [2.05, 4.69) is 31.0 Å². The molecule has 1 aromatic rings. The maximum atomic E-state index is 12.0. The van der Waals surface area contributed by atoms with Crippen molar-refractivity contribution in [2.24, 2.45) is 0 Å². The quantitative estimate of drug-likeness (QED) is 0.744. The third-order valence-corrected chi connectivity index (χ3v) is 4.40. The molecule has 1 atom stereocenters. The molecule has 1 unspecified atom stereocenters. The van der Waals surface area contributed by atoms with Gasteiger partial charge in [0, 0.05) is 23.3 Å². The summed E-state index contributed by atoms with van der Waals surface area (Å²) in [4.78, 5) is 26.2. The predicted octanol–water partition coefficient (Wildman–Crippen LogP) is -0.0724. The topological polar surface area (TPSA) is 105 Å². The predicted molar refractivity (Wildman–Crippen MR) is 68.4 cm³/mol. The second-order valence-electron chi connectivity index (χ2n) is 3.96. The third-order valence-electron chi connectivity index (χ3n) is 2.53. The minimum absolute atomic E-state index is 0.0495. The zero-order valence-corrected chi connectivity index (χ0v) is 12.0. The highest BCUT2D eigenvalue weighted by molar-refractivity contribution is 9.10. The first-order valence-corrected chi connectivity index (χ1v) is 7.63. The van der Waals surface area contributed by atoms with E-state index in [0.717, 1.165) is 0 Å². The van der Waals surface area contributed by atoms with Crippen LogP contribution in [0.15, 0.2) is 27.8 Å². The van der Waals surface area contributed by atoms with Crippen molar-refractivity contribution in [2.75, 3.05) is 0 Å². The van der Waals surface area contributed by atoms with Gasteiger partial charge >= 0.3 is 0 Å². The number of piperidine rings is 1. The van der Waals surface area contributed by atoms with Gasteiger partial charge in [-0.05, 0) is 28.4 Å². The Kier molecular flexibility index (Phi) is 3.97. The zero-order valence-electron chi connectivity index (χ0n) is 9.59. The van der Waals surface area contributed by atoms with Gasteiger partial charge in [-0.1, -0.05) is 0 Å². The minimum Gasteiger partial charge on any atom is -0.295 e. The fourth-order valence-electron chi connectivity index (χ4n) is 1.60. The Morgan fingerprint density at radius 1 is 1.37 bits per heavy atom. The van der Waals surface area contributed by atoms with E-state index < -0.39 is 27.9 Å². The number of rotatable bonds is 3. The van der Waals surface area contributed by atoms with Gasteiger partial charge in [-0.2, -0.15) is 4.72 Å². The van der Waals surface area contributed by atoms with Crippen molar-refractivity contribution in [3.05, 3.63) is 22.9 Å². The molecule has 0 radical (unpaired) electrons. The first-order valence-electron chi connectivity index (χ1n) is 5.35. The van der Waals surface area contributed by atoms with Gasteiger partial charge in [0.25, 0.3) is 0 Å². The van der Waals surface area contributed by atoms with Gasteiger partial charge in [0.15, 0.2) is 0 Å². The van der Waals surface area contributed by atoms with E-state index in [1.54, 1.807) is 0 Å². The number of sulfonamides is 1. The Morgan fingerprint density at radius 2 is 2.11 bits per heavy atom. The maximum Gasteiger partial charge on any atom is 0.244 e. The highest BCUT2D eigenvalue weighted by Gasteiger charge is 2.30. The van der Waals surface area contributed by atoms with E-state index in [0.29, 0.717) is 4.47 Å². The molecule has 0 spiro atoms. The van der Waals surface area contributed by atoms with E-state index in [9.17, 15) is 18.0 Å². The number of carbonyl (C=O) groups excluding carboxylic acids is 2. The van der Waals surface area contributed by atoms with E-state index >= 15 is 0 Å². The summed E-state index contributed by atoms with van der Waals surface area (Å²) in [5.41, 5.74) is 0. The summed E-state index contributed by atoms with van der Waals surface area (Å²) < 4.78 is 26.9. The third kappa shape index (κ3) is 3.37. The molecule has 7 nitrogen and oxygen atoms in total. The fourth-order valence-corrected chi connectivity index (χ4v) is 3.33. The average Bonchev–Trinajstić information content (AvgIpc) is 2.33. The molecule has 1 aromatic heterocycles. The van der Waals surface area contributed by atoms with Crippen LogP contribution in [0.3, 0.4) is 0 Å². The normalized spacial score (nSPS) is 20.2. The molecule has 9 heteroatoms. The number of nitrogens with zero attached hydrogens (tertiary/aromatic N) is 1. The summed E-state index contributed by atoms with van der Waals surface area (Å²) in [5, 5.41) is 2.09. The van der Waals surface area contributed by atoms with Gasteiger partial charge in [0.05, 0.1) is 0 Å². The highest BCUT2D eigenvalue weighted by Crippen LogP contribution is 2.15. The van der Waals surface area contributed by atoms with Crippen LogP contribution in [0, 0.1) is 0 Å². The van der Waals surface area contributed by atoms with Crippen LogP contribution < -0.4 is 10.0 Å². The Morgan fingerprint density at radius 3 is 2.74 bits per heavy atom. The van der Waals surface area contributed by atoms with Gasteiger partial charge in [-0.15, -0.1) is 0 Å². The number of pyridine rings is 1. The smallest absolute Gasteiger partial charge is 0.244 e. The molecule has 0 bridgehead atoms. The van der Waals surface area contributed by atoms with E-state index in [1.165, 1.54) is 18.5 Å². The largest absolute Gasteiger partial charge is 0.295 e. The number of halogens is 1. The van der Waals surface area contributed by atoms with Crippen molar-refractivity contribution in [1.29, 1.82) is 0 Å². The molecule has 2 rings (SSSR count). The molecule has 1 aliphatic heterocycles. The Bertz CT molecular complexity index is 631. The van der Waals surface area contributed by atoms with Crippen molar-refractivity contribution in [3.63, 3.8) is 0 Å². The molecule has 1 aliphatic rings. The first kappa shape index (κ1) is 14.1. The van der Waals surface area contributed by atoms with Crippen molar-refractivity contribution < 1.29 is 18.0 Å². The Hall–Kier alpha value is -1.32. The van der Waals surface area contributed by atoms with Gasteiger partial charge in [-0.3, -0.25) is 19.9 Å². The summed E-state index contributed by atoms with van der Waals surface area (Å²) in [6.45, 7) is 0. The lowest BCUT2D eigenvalue weighted by atomic mass is 10.1. The van der Waals surface area contributed by atoms with Gasteiger partial charge < -0.3 is 0 Å². The van der Waals surface area contributed by atoms with Gasteiger partial charge in [-0.25, -0.2) is 8.42 Å². The molecule has 2 heterocycles. The molecule has 0 aliphatic carbocycles. The van der Waals surface area contributed by atoms with Crippen LogP contribution in [0.4, 0.5) is 0 Å². The summed E-state index contributed by atoms with van der Waals surface area (Å²) in [5.74, 6) is -1.03. The molecule has 0 saturated carbocycles. The van der Waals surface area contributed by atoms with Gasteiger partial charge in [0.2, 0.25) is 21.8 Å². The summed E-state index contributed by atoms with van der Waals surface area (Å²) in [6.07, 6.45) is 2.88. The van der Waals surface area contributed by atoms with E-state index in [4.69, 9.17) is 0 Å². The summed E-state index contributed by atoms with van der Waals surface area (Å²) in [7, 11) is -3.85. The van der Waals surface area contributed by atoms with Crippen molar-refractivity contribution >= 4 is 37.8 Å². The van der Waals surface area contributed by atoms with Crippen molar-refractivity contribution in [1.82, 2.24) is 15.0 Å². The average molecular weight is 348 g/mol. The lowest BCUT2D eigenvalue weighted by Crippen LogP contribution is -2.52. The van der Waals surface area contributed by atoms with Crippen LogP contribution in [0.2, 0.25) is 0 Å². The highest BCUT2D eigenvalue weighted by atomic mass is 79.9. The molecular weight excluding hydrogens is 338 g/mol.